The van der Waals surface area contributed by atoms with E-state index < -0.39 is 0 Å². The van der Waals surface area contributed by atoms with Crippen molar-refractivity contribution in [2.75, 3.05) is 13.1 Å². The van der Waals surface area contributed by atoms with Crippen molar-refractivity contribution in [3.8, 4) is 0 Å². The van der Waals surface area contributed by atoms with Gasteiger partial charge in [-0.25, -0.2) is 0 Å². The Kier molecular flexibility index (Phi) is 3.91. The smallest absolute Gasteiger partial charge is 0.0206 e. The first-order valence-electron chi connectivity index (χ1n) is 7.07. The maximum Gasteiger partial charge on any atom is 0.0206 e. The predicted molar refractivity (Wildman–Crippen MR) is 69.3 cm³/mol. The highest BCUT2D eigenvalue weighted by molar-refractivity contribution is 4.90. The van der Waals surface area contributed by atoms with Gasteiger partial charge < -0.3 is 5.73 Å². The zero-order valence-electron chi connectivity index (χ0n) is 11.2. The van der Waals surface area contributed by atoms with Crippen LogP contribution in [0.3, 0.4) is 0 Å². The van der Waals surface area contributed by atoms with E-state index in [1.54, 1.807) is 0 Å². The maximum atomic E-state index is 6.13. The summed E-state index contributed by atoms with van der Waals surface area (Å²) in [6.07, 6.45) is 5.69. The summed E-state index contributed by atoms with van der Waals surface area (Å²) in [5, 5.41) is 0. The van der Waals surface area contributed by atoms with Crippen molar-refractivity contribution >= 4 is 0 Å². The van der Waals surface area contributed by atoms with Crippen LogP contribution in [-0.4, -0.2) is 30.1 Å². The third-order valence-electron chi connectivity index (χ3n) is 4.85. The lowest BCUT2D eigenvalue weighted by Crippen LogP contribution is -2.39. The van der Waals surface area contributed by atoms with Gasteiger partial charge in [-0.15, -0.1) is 0 Å². The van der Waals surface area contributed by atoms with E-state index in [9.17, 15) is 0 Å². The molecule has 1 saturated carbocycles. The third-order valence-corrected chi connectivity index (χ3v) is 4.85. The van der Waals surface area contributed by atoms with E-state index in [0.29, 0.717) is 12.0 Å². The summed E-state index contributed by atoms with van der Waals surface area (Å²) >= 11 is 0. The number of nitrogens with two attached hydrogens (primary N) is 1. The molecule has 0 aromatic heterocycles. The number of nitrogens with zero attached hydrogens (tertiary/aromatic N) is 1. The second kappa shape index (κ2) is 5.05. The first kappa shape index (κ1) is 12.4. The summed E-state index contributed by atoms with van der Waals surface area (Å²) in [5.74, 6) is 2.50. The van der Waals surface area contributed by atoms with Crippen molar-refractivity contribution < 1.29 is 0 Å². The van der Waals surface area contributed by atoms with Crippen molar-refractivity contribution in [2.45, 2.75) is 58.5 Å². The number of hydrogen-bond donors (Lipinski definition) is 1. The highest BCUT2D eigenvalue weighted by atomic mass is 15.2. The second-order valence-electron chi connectivity index (χ2n) is 6.42. The summed E-state index contributed by atoms with van der Waals surface area (Å²) in [6.45, 7) is 9.43. The van der Waals surface area contributed by atoms with Gasteiger partial charge in [-0.05, 0) is 30.6 Å². The van der Waals surface area contributed by atoms with Crippen molar-refractivity contribution in [2.24, 2.45) is 23.5 Å². The maximum absolute atomic E-state index is 6.13. The number of rotatable bonds is 2. The fraction of sp³-hybridized carbons (Fsp3) is 1.00. The molecule has 2 rings (SSSR count). The molecular weight excluding hydrogens is 196 g/mol. The van der Waals surface area contributed by atoms with Gasteiger partial charge in [0.2, 0.25) is 0 Å². The molecule has 4 unspecified atom stereocenters. The molecule has 1 heterocycles. The summed E-state index contributed by atoms with van der Waals surface area (Å²) in [6, 6.07) is 1.25. The molecule has 0 radical (unpaired) electrons. The predicted octanol–water partition coefficient (Wildman–Crippen LogP) is 2.48. The van der Waals surface area contributed by atoms with E-state index >= 15 is 0 Å². The fourth-order valence-corrected chi connectivity index (χ4v) is 3.47. The Labute approximate surface area is 101 Å². The van der Waals surface area contributed by atoms with Crippen molar-refractivity contribution in [1.29, 1.82) is 0 Å². The lowest BCUT2D eigenvalue weighted by atomic mass is 9.79. The molecule has 0 amide bonds. The van der Waals surface area contributed by atoms with Crippen LogP contribution < -0.4 is 5.73 Å². The van der Waals surface area contributed by atoms with Crippen molar-refractivity contribution in [3.63, 3.8) is 0 Å². The zero-order valence-corrected chi connectivity index (χ0v) is 11.2. The molecule has 0 spiro atoms. The van der Waals surface area contributed by atoms with Gasteiger partial charge in [0.1, 0.15) is 0 Å². The van der Waals surface area contributed by atoms with Gasteiger partial charge in [-0.3, -0.25) is 4.90 Å². The summed E-state index contributed by atoms with van der Waals surface area (Å²) in [7, 11) is 0. The molecule has 94 valence electrons. The lowest BCUT2D eigenvalue weighted by Gasteiger charge is -2.37. The molecular formula is C14H28N2. The van der Waals surface area contributed by atoms with Crippen LogP contribution in [0.4, 0.5) is 0 Å². The van der Waals surface area contributed by atoms with Crippen LogP contribution in [-0.2, 0) is 0 Å². The van der Waals surface area contributed by atoms with Gasteiger partial charge in [-0.2, -0.15) is 0 Å². The topological polar surface area (TPSA) is 29.3 Å². The van der Waals surface area contributed by atoms with Gasteiger partial charge in [-0.1, -0.05) is 33.6 Å². The largest absolute Gasteiger partial charge is 0.326 e. The first-order valence-corrected chi connectivity index (χ1v) is 7.07. The quantitative estimate of drug-likeness (QED) is 0.781. The Hall–Kier alpha value is -0.0800. The molecule has 2 nitrogen and oxygen atoms in total. The average molecular weight is 224 g/mol. The van der Waals surface area contributed by atoms with Gasteiger partial charge >= 0.3 is 0 Å². The number of likely N-dealkylation sites (tertiary alicyclic amines) is 1. The van der Waals surface area contributed by atoms with E-state index in [-0.39, 0.29) is 0 Å². The zero-order chi connectivity index (χ0) is 11.7. The van der Waals surface area contributed by atoms with Gasteiger partial charge in [0.25, 0.3) is 0 Å². The van der Waals surface area contributed by atoms with E-state index in [0.717, 1.165) is 24.4 Å². The Morgan fingerprint density at radius 1 is 1.19 bits per heavy atom. The molecule has 4 atom stereocenters. The second-order valence-corrected chi connectivity index (χ2v) is 6.42. The highest BCUT2D eigenvalue weighted by Gasteiger charge is 2.34. The third kappa shape index (κ3) is 2.60. The molecule has 1 aliphatic heterocycles. The summed E-state index contributed by atoms with van der Waals surface area (Å²) < 4.78 is 0. The minimum Gasteiger partial charge on any atom is -0.326 e. The van der Waals surface area contributed by atoms with Crippen LogP contribution >= 0.6 is 0 Å². The van der Waals surface area contributed by atoms with Crippen LogP contribution in [0.15, 0.2) is 0 Å². The molecule has 2 fully saturated rings. The van der Waals surface area contributed by atoms with Crippen molar-refractivity contribution in [3.05, 3.63) is 0 Å². The Bertz CT molecular complexity index is 217. The Morgan fingerprint density at radius 3 is 2.50 bits per heavy atom. The van der Waals surface area contributed by atoms with Gasteiger partial charge in [0.05, 0.1) is 0 Å². The molecule has 2 aliphatic rings. The Morgan fingerprint density at radius 2 is 1.94 bits per heavy atom. The molecule has 0 aromatic carbocycles. The van der Waals surface area contributed by atoms with Crippen LogP contribution in [0, 0.1) is 17.8 Å². The molecule has 1 saturated heterocycles. The van der Waals surface area contributed by atoms with Crippen LogP contribution in [0.5, 0.6) is 0 Å². The Balaban J connectivity index is 1.90. The molecule has 16 heavy (non-hydrogen) atoms. The fourth-order valence-electron chi connectivity index (χ4n) is 3.47. The molecule has 0 aromatic rings. The van der Waals surface area contributed by atoms with E-state index in [1.807, 2.05) is 0 Å². The van der Waals surface area contributed by atoms with E-state index in [2.05, 4.69) is 25.7 Å². The van der Waals surface area contributed by atoms with Gasteiger partial charge in [0, 0.05) is 25.2 Å². The SMILES string of the molecule is CC(C)C1CCCC(N2CC(C)C(N)C2)C1. The molecule has 0 bridgehead atoms. The molecule has 2 N–H and O–H groups in total. The minimum absolute atomic E-state index is 0.416. The van der Waals surface area contributed by atoms with E-state index in [1.165, 1.54) is 32.2 Å². The first-order chi connectivity index (χ1) is 7.58. The minimum atomic E-state index is 0.416. The summed E-state index contributed by atoms with van der Waals surface area (Å²) in [4.78, 5) is 2.67. The normalized spacial score (nSPS) is 41.8. The highest BCUT2D eigenvalue weighted by Crippen LogP contribution is 2.34. The summed E-state index contributed by atoms with van der Waals surface area (Å²) in [5.41, 5.74) is 6.13. The monoisotopic (exact) mass is 224 g/mol. The molecule has 1 aliphatic carbocycles. The average Bonchev–Trinajstić information content (AvgIpc) is 2.59. The number of hydrogen-bond acceptors (Lipinski definition) is 2. The van der Waals surface area contributed by atoms with Crippen LogP contribution in [0.2, 0.25) is 0 Å². The standard InChI is InChI=1S/C14H28N2/c1-10(2)12-5-4-6-13(7-12)16-8-11(3)14(15)9-16/h10-14H,4-9,15H2,1-3H3. The van der Waals surface area contributed by atoms with Crippen molar-refractivity contribution in [1.82, 2.24) is 4.90 Å². The van der Waals surface area contributed by atoms with Crippen LogP contribution in [0.1, 0.15) is 46.5 Å². The molecule has 2 heteroatoms. The van der Waals surface area contributed by atoms with Crippen LogP contribution in [0.25, 0.3) is 0 Å². The van der Waals surface area contributed by atoms with E-state index in [4.69, 9.17) is 5.73 Å². The van der Waals surface area contributed by atoms with Gasteiger partial charge in [0.15, 0.2) is 0 Å². The lowest BCUT2D eigenvalue weighted by molar-refractivity contribution is 0.132.